The number of nitrogens with zero attached hydrogens (tertiary/aromatic N) is 1. The van der Waals surface area contributed by atoms with Gasteiger partial charge in [-0.3, -0.25) is 0 Å². The third-order valence-electron chi connectivity index (χ3n) is 3.80. The van der Waals surface area contributed by atoms with E-state index in [-0.39, 0.29) is 12.0 Å². The van der Waals surface area contributed by atoms with Gasteiger partial charge in [0, 0.05) is 28.2 Å². The van der Waals surface area contributed by atoms with Crippen molar-refractivity contribution in [1.82, 2.24) is 0 Å². The average Bonchev–Trinajstić information content (AvgIpc) is 2.41. The van der Waals surface area contributed by atoms with Gasteiger partial charge in [-0.1, -0.05) is 35.8 Å². The van der Waals surface area contributed by atoms with E-state index in [0.717, 1.165) is 0 Å². The van der Waals surface area contributed by atoms with E-state index in [4.69, 9.17) is 5.11 Å². The maximum Gasteiger partial charge on any atom is 0.0606 e. The number of halogens is 1. The third-order valence-corrected chi connectivity index (χ3v) is 4.46. The summed E-state index contributed by atoms with van der Waals surface area (Å²) in [5.74, 6) is 0. The standard InChI is InChI=1S/C13H18BrNO/c1-9-13(2,3)12-10(14)5-4-6-11(12)15(9)7-8-16/h4-6,9,16H,7-8H2,1-3H3. The summed E-state index contributed by atoms with van der Waals surface area (Å²) in [6.07, 6.45) is 0. The van der Waals surface area contributed by atoms with E-state index >= 15 is 0 Å². The molecule has 0 radical (unpaired) electrons. The van der Waals surface area contributed by atoms with Crippen LogP contribution in [0.2, 0.25) is 0 Å². The predicted octanol–water partition coefficient (Wildman–Crippen LogP) is 2.93. The molecule has 1 aromatic carbocycles. The Hall–Kier alpha value is -0.540. The molecule has 0 aliphatic carbocycles. The molecule has 1 heterocycles. The lowest BCUT2D eigenvalue weighted by Gasteiger charge is -2.31. The molecule has 1 aliphatic heterocycles. The van der Waals surface area contributed by atoms with Gasteiger partial charge < -0.3 is 10.0 Å². The first-order valence-electron chi connectivity index (χ1n) is 5.66. The van der Waals surface area contributed by atoms with Crippen molar-refractivity contribution in [3.8, 4) is 0 Å². The number of hydrogen-bond donors (Lipinski definition) is 1. The number of benzene rings is 1. The average molecular weight is 284 g/mol. The number of fused-ring (bicyclic) bond motifs is 1. The molecule has 2 rings (SSSR count). The molecule has 0 saturated heterocycles. The number of hydrogen-bond acceptors (Lipinski definition) is 2. The summed E-state index contributed by atoms with van der Waals surface area (Å²) < 4.78 is 1.17. The highest BCUT2D eigenvalue weighted by atomic mass is 79.9. The maximum atomic E-state index is 9.16. The van der Waals surface area contributed by atoms with Crippen LogP contribution in [0, 0.1) is 0 Å². The molecular formula is C13H18BrNO. The zero-order valence-electron chi connectivity index (χ0n) is 10.00. The Labute approximate surface area is 105 Å². The van der Waals surface area contributed by atoms with Gasteiger partial charge in [0.25, 0.3) is 0 Å². The van der Waals surface area contributed by atoms with E-state index in [1.165, 1.54) is 15.7 Å². The van der Waals surface area contributed by atoms with Crippen LogP contribution in [0.3, 0.4) is 0 Å². The molecule has 2 nitrogen and oxygen atoms in total. The van der Waals surface area contributed by atoms with Gasteiger partial charge in [-0.2, -0.15) is 0 Å². The van der Waals surface area contributed by atoms with Crippen LogP contribution in [0.15, 0.2) is 22.7 Å². The number of aliphatic hydroxyl groups is 1. The molecule has 0 amide bonds. The molecule has 1 unspecified atom stereocenters. The van der Waals surface area contributed by atoms with Crippen molar-refractivity contribution in [1.29, 1.82) is 0 Å². The van der Waals surface area contributed by atoms with Crippen molar-refractivity contribution in [3.05, 3.63) is 28.2 Å². The van der Waals surface area contributed by atoms with E-state index in [1.807, 2.05) is 0 Å². The zero-order chi connectivity index (χ0) is 11.9. The van der Waals surface area contributed by atoms with Gasteiger partial charge in [-0.15, -0.1) is 0 Å². The first-order valence-corrected chi connectivity index (χ1v) is 6.46. The molecule has 1 aliphatic rings. The number of anilines is 1. The van der Waals surface area contributed by atoms with E-state index in [0.29, 0.717) is 12.6 Å². The second kappa shape index (κ2) is 4.04. The molecule has 1 N–H and O–H groups in total. The lowest BCUT2D eigenvalue weighted by atomic mass is 9.81. The Bertz CT molecular complexity index is 403. The SMILES string of the molecule is CC1N(CCO)c2cccc(Br)c2C1(C)C. The first-order chi connectivity index (χ1) is 7.50. The van der Waals surface area contributed by atoms with Crippen LogP contribution in [0.5, 0.6) is 0 Å². The van der Waals surface area contributed by atoms with Gasteiger partial charge >= 0.3 is 0 Å². The minimum Gasteiger partial charge on any atom is -0.395 e. The summed E-state index contributed by atoms with van der Waals surface area (Å²) in [7, 11) is 0. The lowest BCUT2D eigenvalue weighted by molar-refractivity contribution is 0.293. The molecule has 1 atom stereocenters. The van der Waals surface area contributed by atoms with Gasteiger partial charge in [-0.05, 0) is 24.6 Å². The Morgan fingerprint density at radius 2 is 2.12 bits per heavy atom. The largest absolute Gasteiger partial charge is 0.395 e. The van der Waals surface area contributed by atoms with Crippen LogP contribution < -0.4 is 4.90 Å². The van der Waals surface area contributed by atoms with E-state index in [9.17, 15) is 0 Å². The summed E-state index contributed by atoms with van der Waals surface area (Å²) in [6, 6.07) is 6.70. The fraction of sp³-hybridized carbons (Fsp3) is 0.538. The predicted molar refractivity (Wildman–Crippen MR) is 71.1 cm³/mol. The highest BCUT2D eigenvalue weighted by Gasteiger charge is 2.42. The number of rotatable bonds is 2. The fourth-order valence-electron chi connectivity index (χ4n) is 2.62. The molecule has 0 saturated carbocycles. The normalized spacial score (nSPS) is 22.3. The lowest BCUT2D eigenvalue weighted by Crippen LogP contribution is -2.40. The molecular weight excluding hydrogens is 266 g/mol. The van der Waals surface area contributed by atoms with Gasteiger partial charge in [0.05, 0.1) is 6.61 Å². The molecule has 0 aromatic heterocycles. The molecule has 0 fully saturated rings. The minimum atomic E-state index is 0.116. The van der Waals surface area contributed by atoms with Crippen LogP contribution in [0.4, 0.5) is 5.69 Å². The van der Waals surface area contributed by atoms with Crippen molar-refractivity contribution in [2.45, 2.75) is 32.2 Å². The second-order valence-electron chi connectivity index (χ2n) is 4.95. The first kappa shape index (κ1) is 11.9. The number of β-amino-alcohol motifs (C(OH)–C–C–N with tert-alkyl or cyclic N) is 1. The summed E-state index contributed by atoms with van der Waals surface area (Å²) in [4.78, 5) is 2.29. The summed E-state index contributed by atoms with van der Waals surface area (Å²) in [5, 5.41) is 9.16. The van der Waals surface area contributed by atoms with Crippen molar-refractivity contribution < 1.29 is 5.11 Å². The minimum absolute atomic E-state index is 0.116. The van der Waals surface area contributed by atoms with Crippen molar-refractivity contribution in [3.63, 3.8) is 0 Å². The topological polar surface area (TPSA) is 23.5 Å². The molecule has 16 heavy (non-hydrogen) atoms. The maximum absolute atomic E-state index is 9.16. The number of aliphatic hydroxyl groups excluding tert-OH is 1. The van der Waals surface area contributed by atoms with Crippen LogP contribution in [-0.2, 0) is 5.41 Å². The second-order valence-corrected chi connectivity index (χ2v) is 5.80. The third kappa shape index (κ3) is 1.57. The highest BCUT2D eigenvalue weighted by Crippen LogP contribution is 2.47. The van der Waals surface area contributed by atoms with Gasteiger partial charge in [0.15, 0.2) is 0 Å². The van der Waals surface area contributed by atoms with Crippen LogP contribution in [0.1, 0.15) is 26.3 Å². The summed E-state index contributed by atoms with van der Waals surface area (Å²) >= 11 is 3.64. The highest BCUT2D eigenvalue weighted by molar-refractivity contribution is 9.10. The smallest absolute Gasteiger partial charge is 0.0606 e. The van der Waals surface area contributed by atoms with E-state index < -0.39 is 0 Å². The summed E-state index contributed by atoms with van der Waals surface area (Å²) in [6.45, 7) is 7.65. The Morgan fingerprint density at radius 3 is 2.75 bits per heavy atom. The van der Waals surface area contributed by atoms with Crippen LogP contribution in [0.25, 0.3) is 0 Å². The van der Waals surface area contributed by atoms with Gasteiger partial charge in [-0.25, -0.2) is 0 Å². The van der Waals surface area contributed by atoms with Crippen molar-refractivity contribution in [2.75, 3.05) is 18.1 Å². The van der Waals surface area contributed by atoms with Crippen molar-refractivity contribution in [2.24, 2.45) is 0 Å². The Morgan fingerprint density at radius 1 is 1.44 bits per heavy atom. The van der Waals surface area contributed by atoms with Gasteiger partial charge in [0.2, 0.25) is 0 Å². The molecule has 0 bridgehead atoms. The zero-order valence-corrected chi connectivity index (χ0v) is 11.6. The summed E-state index contributed by atoms with van der Waals surface area (Å²) in [5.41, 5.74) is 2.72. The van der Waals surface area contributed by atoms with Crippen molar-refractivity contribution >= 4 is 21.6 Å². The quantitative estimate of drug-likeness (QED) is 0.902. The molecule has 1 aromatic rings. The van der Waals surface area contributed by atoms with Gasteiger partial charge in [0.1, 0.15) is 0 Å². The van der Waals surface area contributed by atoms with Crippen LogP contribution in [-0.4, -0.2) is 24.3 Å². The fourth-order valence-corrected chi connectivity index (χ4v) is 3.49. The van der Waals surface area contributed by atoms with E-state index in [2.05, 4.69) is 59.8 Å². The van der Waals surface area contributed by atoms with Crippen LogP contribution >= 0.6 is 15.9 Å². The Balaban J connectivity index is 2.56. The Kier molecular flexibility index (Phi) is 3.01. The molecule has 3 heteroatoms. The van der Waals surface area contributed by atoms with E-state index in [1.54, 1.807) is 0 Å². The molecule has 0 spiro atoms. The monoisotopic (exact) mass is 283 g/mol. The molecule has 88 valence electrons.